The maximum Gasteiger partial charge on any atom is 0.256 e. The molecule has 2 aromatic carbocycles. The van der Waals surface area contributed by atoms with Crippen molar-refractivity contribution < 1.29 is 9.53 Å². The van der Waals surface area contributed by atoms with Gasteiger partial charge in [0.25, 0.3) is 5.91 Å². The van der Waals surface area contributed by atoms with E-state index in [9.17, 15) is 4.79 Å². The number of anilines is 1. The number of hydrogen-bond donors (Lipinski definition) is 2. The summed E-state index contributed by atoms with van der Waals surface area (Å²) in [6, 6.07) is 16.0. The molecule has 0 radical (unpaired) electrons. The lowest BCUT2D eigenvalue weighted by Crippen LogP contribution is -2.39. The van der Waals surface area contributed by atoms with Crippen LogP contribution in [0.15, 0.2) is 53.0 Å². The Hall–Kier alpha value is -2.35. The van der Waals surface area contributed by atoms with E-state index in [0.717, 1.165) is 51.4 Å². The van der Waals surface area contributed by atoms with Crippen molar-refractivity contribution in [2.75, 3.05) is 18.9 Å². The molecule has 2 aliphatic heterocycles. The highest BCUT2D eigenvalue weighted by Gasteiger charge is 2.33. The quantitative estimate of drug-likeness (QED) is 0.552. The molecule has 7 heteroatoms. The predicted molar refractivity (Wildman–Crippen MR) is 123 cm³/mol. The molecule has 0 saturated carbocycles. The second-order valence-electron chi connectivity index (χ2n) is 7.70. The SMILES string of the molecule is CN1CCc2c(sc3c2C(=O)N[C@H](c2cc(Br)ccc2OCc2ccccc2)N3)C1. The summed E-state index contributed by atoms with van der Waals surface area (Å²) in [5, 5.41) is 7.65. The van der Waals surface area contributed by atoms with Crippen LogP contribution in [-0.2, 0) is 19.6 Å². The Balaban J connectivity index is 1.44. The molecule has 0 aliphatic carbocycles. The number of ether oxygens (including phenoxy) is 1. The number of carbonyl (C=O) groups is 1. The van der Waals surface area contributed by atoms with Crippen LogP contribution in [0.2, 0.25) is 0 Å². The van der Waals surface area contributed by atoms with Crippen LogP contribution in [0.5, 0.6) is 5.75 Å². The van der Waals surface area contributed by atoms with Gasteiger partial charge in [-0.05, 0) is 42.8 Å². The number of nitrogens with zero attached hydrogens (tertiary/aromatic N) is 1. The van der Waals surface area contributed by atoms with E-state index < -0.39 is 0 Å². The molecule has 0 bridgehead atoms. The first-order valence-corrected chi connectivity index (χ1v) is 11.6. The molecular formula is C23H22BrN3O2S. The summed E-state index contributed by atoms with van der Waals surface area (Å²) in [7, 11) is 2.12. The smallest absolute Gasteiger partial charge is 0.256 e. The van der Waals surface area contributed by atoms with Crippen molar-refractivity contribution in [2.45, 2.75) is 25.7 Å². The first kappa shape index (κ1) is 19.6. The van der Waals surface area contributed by atoms with Gasteiger partial charge in [0.15, 0.2) is 0 Å². The molecule has 2 N–H and O–H groups in total. The van der Waals surface area contributed by atoms with Gasteiger partial charge in [0.2, 0.25) is 0 Å². The number of fused-ring (bicyclic) bond motifs is 3. The Morgan fingerprint density at radius 1 is 1.20 bits per heavy atom. The van der Waals surface area contributed by atoms with Crippen LogP contribution in [0, 0.1) is 0 Å². The van der Waals surface area contributed by atoms with E-state index in [0.29, 0.717) is 6.61 Å². The summed E-state index contributed by atoms with van der Waals surface area (Å²) in [4.78, 5) is 16.6. The first-order chi connectivity index (χ1) is 14.6. The van der Waals surface area contributed by atoms with Crippen molar-refractivity contribution in [1.82, 2.24) is 10.2 Å². The Kier molecular flexibility index (Phi) is 5.26. The van der Waals surface area contributed by atoms with E-state index in [-0.39, 0.29) is 12.1 Å². The Bertz CT molecular complexity index is 1100. The van der Waals surface area contributed by atoms with Gasteiger partial charge in [-0.3, -0.25) is 4.79 Å². The maximum atomic E-state index is 13.0. The molecule has 154 valence electrons. The number of carbonyl (C=O) groups excluding carboxylic acids is 1. The van der Waals surface area contributed by atoms with Gasteiger partial charge < -0.3 is 20.3 Å². The van der Waals surface area contributed by atoms with Crippen LogP contribution in [0.1, 0.15) is 38.1 Å². The fraction of sp³-hybridized carbons (Fsp3) is 0.261. The van der Waals surface area contributed by atoms with Crippen molar-refractivity contribution >= 4 is 38.2 Å². The third kappa shape index (κ3) is 3.73. The van der Waals surface area contributed by atoms with E-state index in [4.69, 9.17) is 4.74 Å². The molecule has 0 unspecified atom stereocenters. The number of halogens is 1. The zero-order chi connectivity index (χ0) is 20.7. The number of likely N-dealkylation sites (N-methyl/N-ethyl adjacent to an activating group) is 1. The number of nitrogens with one attached hydrogen (secondary N) is 2. The van der Waals surface area contributed by atoms with Gasteiger partial charge >= 0.3 is 0 Å². The number of rotatable bonds is 4. The molecule has 30 heavy (non-hydrogen) atoms. The van der Waals surface area contributed by atoms with Gasteiger partial charge in [-0.1, -0.05) is 46.3 Å². The minimum atomic E-state index is -0.342. The Morgan fingerprint density at radius 3 is 2.87 bits per heavy atom. The van der Waals surface area contributed by atoms with Gasteiger partial charge in [0.1, 0.15) is 23.5 Å². The summed E-state index contributed by atoms with van der Waals surface area (Å²) in [5.74, 6) is 0.745. The number of thiophene rings is 1. The fourth-order valence-electron chi connectivity index (χ4n) is 4.01. The average Bonchev–Trinajstić information content (AvgIpc) is 3.11. The standard InChI is InChI=1S/C23H22BrN3O2S/c1-27-10-9-16-19(12-27)30-23-20(16)22(28)25-21(26-23)17-11-15(24)7-8-18(17)29-13-14-5-3-2-4-6-14/h2-8,11,21,26H,9-10,12-13H2,1H3,(H,25,28)/t21-/m0/s1. The third-order valence-electron chi connectivity index (χ3n) is 5.55. The minimum Gasteiger partial charge on any atom is -0.488 e. The monoisotopic (exact) mass is 483 g/mol. The Morgan fingerprint density at radius 2 is 2.03 bits per heavy atom. The maximum absolute atomic E-state index is 13.0. The van der Waals surface area contributed by atoms with Gasteiger partial charge in [-0.15, -0.1) is 11.3 Å². The first-order valence-electron chi connectivity index (χ1n) is 9.95. The molecule has 5 nitrogen and oxygen atoms in total. The third-order valence-corrected chi connectivity index (χ3v) is 7.19. The highest BCUT2D eigenvalue weighted by Crippen LogP contribution is 2.42. The van der Waals surface area contributed by atoms with Gasteiger partial charge in [-0.2, -0.15) is 0 Å². The van der Waals surface area contributed by atoms with Crippen LogP contribution in [-0.4, -0.2) is 24.4 Å². The summed E-state index contributed by atoms with van der Waals surface area (Å²) in [6.07, 6.45) is 0.575. The van der Waals surface area contributed by atoms with Crippen LogP contribution < -0.4 is 15.4 Å². The molecule has 0 spiro atoms. The highest BCUT2D eigenvalue weighted by atomic mass is 79.9. The summed E-state index contributed by atoms with van der Waals surface area (Å²) in [6.45, 7) is 2.35. The topological polar surface area (TPSA) is 53.6 Å². The Labute approximate surface area is 188 Å². The molecule has 2 aliphatic rings. The molecule has 1 atom stereocenters. The second-order valence-corrected chi connectivity index (χ2v) is 9.72. The van der Waals surface area contributed by atoms with Crippen molar-refractivity contribution in [3.8, 4) is 5.75 Å². The van der Waals surface area contributed by atoms with Crippen LogP contribution >= 0.6 is 27.3 Å². The predicted octanol–water partition coefficient (Wildman–Crippen LogP) is 4.93. The molecule has 5 rings (SSSR count). The number of amides is 1. The fourth-order valence-corrected chi connectivity index (χ4v) is 5.74. The summed E-state index contributed by atoms with van der Waals surface area (Å²) < 4.78 is 7.08. The zero-order valence-electron chi connectivity index (χ0n) is 16.6. The number of hydrogen-bond acceptors (Lipinski definition) is 5. The van der Waals surface area contributed by atoms with Crippen LogP contribution in [0.3, 0.4) is 0 Å². The van der Waals surface area contributed by atoms with E-state index in [2.05, 4.69) is 38.5 Å². The van der Waals surface area contributed by atoms with Crippen molar-refractivity contribution in [3.63, 3.8) is 0 Å². The minimum absolute atomic E-state index is 0.00946. The van der Waals surface area contributed by atoms with Gasteiger partial charge in [-0.25, -0.2) is 0 Å². The van der Waals surface area contributed by atoms with Gasteiger partial charge in [0.05, 0.1) is 5.56 Å². The molecular weight excluding hydrogens is 462 g/mol. The molecule has 0 saturated heterocycles. The van der Waals surface area contributed by atoms with E-state index in [1.807, 2.05) is 48.5 Å². The summed E-state index contributed by atoms with van der Waals surface area (Å²) in [5.41, 5.74) is 4.03. The van der Waals surface area contributed by atoms with E-state index in [1.165, 1.54) is 10.4 Å². The van der Waals surface area contributed by atoms with Gasteiger partial charge in [0, 0.05) is 28.0 Å². The van der Waals surface area contributed by atoms with Crippen molar-refractivity contribution in [2.24, 2.45) is 0 Å². The zero-order valence-corrected chi connectivity index (χ0v) is 19.0. The molecule has 3 heterocycles. The molecule has 1 amide bonds. The summed E-state index contributed by atoms with van der Waals surface area (Å²) >= 11 is 5.26. The highest BCUT2D eigenvalue weighted by molar-refractivity contribution is 9.10. The van der Waals surface area contributed by atoms with Crippen molar-refractivity contribution in [1.29, 1.82) is 0 Å². The van der Waals surface area contributed by atoms with Crippen molar-refractivity contribution in [3.05, 3.63) is 80.1 Å². The molecule has 0 fully saturated rings. The molecule has 3 aromatic rings. The lowest BCUT2D eigenvalue weighted by molar-refractivity contribution is 0.0934. The second kappa shape index (κ2) is 8.06. The molecule has 1 aromatic heterocycles. The number of benzene rings is 2. The average molecular weight is 484 g/mol. The van der Waals surface area contributed by atoms with E-state index in [1.54, 1.807) is 11.3 Å². The lowest BCUT2D eigenvalue weighted by atomic mass is 10.0. The van der Waals surface area contributed by atoms with E-state index >= 15 is 0 Å². The lowest BCUT2D eigenvalue weighted by Gasteiger charge is -2.28. The normalized spacial score (nSPS) is 18.2. The van der Waals surface area contributed by atoms with Crippen LogP contribution in [0.25, 0.3) is 0 Å². The largest absolute Gasteiger partial charge is 0.488 e. The van der Waals surface area contributed by atoms with Crippen LogP contribution in [0.4, 0.5) is 5.00 Å².